The SMILES string of the molecule is CC(=O)Cn1ncc(-c2ccccc2)c1C=O. The molecular formula is C13H12N2O2. The van der Waals surface area contributed by atoms with Crippen LogP contribution in [0.4, 0.5) is 0 Å². The monoisotopic (exact) mass is 228 g/mol. The first kappa shape index (κ1) is 11.3. The van der Waals surface area contributed by atoms with Crippen LogP contribution < -0.4 is 0 Å². The summed E-state index contributed by atoms with van der Waals surface area (Å²) >= 11 is 0. The third kappa shape index (κ3) is 2.30. The van der Waals surface area contributed by atoms with Gasteiger partial charge in [0.1, 0.15) is 5.69 Å². The Hall–Kier alpha value is -2.23. The maximum atomic E-state index is 11.1. The van der Waals surface area contributed by atoms with E-state index in [0.717, 1.165) is 17.4 Å². The highest BCUT2D eigenvalue weighted by Crippen LogP contribution is 2.21. The third-order valence-electron chi connectivity index (χ3n) is 2.45. The van der Waals surface area contributed by atoms with Gasteiger partial charge in [-0.15, -0.1) is 0 Å². The van der Waals surface area contributed by atoms with Gasteiger partial charge in [-0.1, -0.05) is 30.3 Å². The lowest BCUT2D eigenvalue weighted by Gasteiger charge is -2.02. The fourth-order valence-corrected chi connectivity index (χ4v) is 1.70. The van der Waals surface area contributed by atoms with Gasteiger partial charge < -0.3 is 0 Å². The number of aromatic nitrogens is 2. The van der Waals surface area contributed by atoms with E-state index in [9.17, 15) is 9.59 Å². The summed E-state index contributed by atoms with van der Waals surface area (Å²) in [6.07, 6.45) is 2.35. The zero-order valence-corrected chi connectivity index (χ0v) is 9.46. The molecule has 0 saturated heterocycles. The lowest BCUT2D eigenvalue weighted by atomic mass is 10.1. The predicted octanol–water partition coefficient (Wildman–Crippen LogP) is 1.95. The van der Waals surface area contributed by atoms with Gasteiger partial charge in [0.2, 0.25) is 0 Å². The zero-order chi connectivity index (χ0) is 12.3. The quantitative estimate of drug-likeness (QED) is 0.751. The van der Waals surface area contributed by atoms with Crippen molar-refractivity contribution in [1.82, 2.24) is 9.78 Å². The fraction of sp³-hybridized carbons (Fsp3) is 0.154. The second kappa shape index (κ2) is 4.74. The summed E-state index contributed by atoms with van der Waals surface area (Å²) in [5, 5.41) is 4.07. The average molecular weight is 228 g/mol. The maximum Gasteiger partial charge on any atom is 0.168 e. The van der Waals surface area contributed by atoms with Gasteiger partial charge in [-0.2, -0.15) is 5.10 Å². The maximum absolute atomic E-state index is 11.1. The topological polar surface area (TPSA) is 52.0 Å². The molecule has 17 heavy (non-hydrogen) atoms. The Morgan fingerprint density at radius 2 is 2.06 bits per heavy atom. The number of hydrogen-bond donors (Lipinski definition) is 0. The highest BCUT2D eigenvalue weighted by molar-refractivity contribution is 5.86. The molecule has 0 fully saturated rings. The van der Waals surface area contributed by atoms with Crippen LogP contribution in [-0.4, -0.2) is 21.8 Å². The van der Waals surface area contributed by atoms with Crippen LogP contribution in [0.3, 0.4) is 0 Å². The van der Waals surface area contributed by atoms with Crippen LogP contribution in [0, 0.1) is 0 Å². The molecule has 4 heteroatoms. The number of nitrogens with zero attached hydrogens (tertiary/aromatic N) is 2. The Morgan fingerprint density at radius 1 is 1.35 bits per heavy atom. The molecule has 0 aliphatic rings. The molecule has 0 radical (unpaired) electrons. The molecular weight excluding hydrogens is 216 g/mol. The lowest BCUT2D eigenvalue weighted by Crippen LogP contribution is -2.10. The summed E-state index contributed by atoms with van der Waals surface area (Å²) in [5.41, 5.74) is 2.11. The molecule has 0 amide bonds. The lowest BCUT2D eigenvalue weighted by molar-refractivity contribution is -0.117. The van der Waals surface area contributed by atoms with Gasteiger partial charge in [-0.25, -0.2) is 0 Å². The van der Waals surface area contributed by atoms with Crippen LogP contribution in [0.5, 0.6) is 0 Å². The van der Waals surface area contributed by atoms with Gasteiger partial charge in [0, 0.05) is 5.56 Å². The van der Waals surface area contributed by atoms with Gasteiger partial charge >= 0.3 is 0 Å². The third-order valence-corrected chi connectivity index (χ3v) is 2.45. The van der Waals surface area contributed by atoms with Crippen LogP contribution in [0.1, 0.15) is 17.4 Å². The normalized spacial score (nSPS) is 10.2. The standard InChI is InChI=1S/C13H12N2O2/c1-10(17)8-15-13(9-16)12(7-14-15)11-5-3-2-4-6-11/h2-7,9H,8H2,1H3. The molecule has 0 aliphatic heterocycles. The number of aldehydes is 1. The highest BCUT2D eigenvalue weighted by atomic mass is 16.1. The number of hydrogen-bond acceptors (Lipinski definition) is 3. The number of carbonyl (C=O) groups is 2. The largest absolute Gasteiger partial charge is 0.298 e. The summed E-state index contributed by atoms with van der Waals surface area (Å²) in [5.74, 6) is -0.0317. The van der Waals surface area contributed by atoms with Crippen molar-refractivity contribution in [2.24, 2.45) is 0 Å². The molecule has 2 aromatic rings. The molecule has 2 rings (SSSR count). The van der Waals surface area contributed by atoms with Crippen molar-refractivity contribution in [2.45, 2.75) is 13.5 Å². The minimum absolute atomic E-state index is 0.0317. The molecule has 1 aromatic carbocycles. The number of rotatable bonds is 4. The van der Waals surface area contributed by atoms with E-state index in [1.807, 2.05) is 30.3 Å². The summed E-state index contributed by atoms with van der Waals surface area (Å²) in [6, 6.07) is 9.51. The second-order valence-corrected chi connectivity index (χ2v) is 3.79. The van der Waals surface area contributed by atoms with Crippen molar-refractivity contribution in [1.29, 1.82) is 0 Å². The fourth-order valence-electron chi connectivity index (χ4n) is 1.70. The Bertz CT molecular complexity index is 544. The predicted molar refractivity (Wildman–Crippen MR) is 63.7 cm³/mol. The summed E-state index contributed by atoms with van der Waals surface area (Å²) in [6.45, 7) is 1.60. The van der Waals surface area contributed by atoms with Gasteiger partial charge in [-0.3, -0.25) is 14.3 Å². The Kier molecular flexibility index (Phi) is 3.14. The van der Waals surface area contributed by atoms with E-state index in [1.54, 1.807) is 6.20 Å². The van der Waals surface area contributed by atoms with Crippen LogP contribution in [0.25, 0.3) is 11.1 Å². The van der Waals surface area contributed by atoms with Crippen LogP contribution in [0.15, 0.2) is 36.5 Å². The molecule has 1 aromatic heterocycles. The van der Waals surface area contributed by atoms with Gasteiger partial charge in [0.05, 0.1) is 12.7 Å². The Labute approximate surface area is 98.9 Å². The van der Waals surface area contributed by atoms with E-state index in [2.05, 4.69) is 5.10 Å². The number of Topliss-reactive ketones (excluding diaryl/α,β-unsaturated/α-hetero) is 1. The van der Waals surface area contributed by atoms with Crippen molar-refractivity contribution < 1.29 is 9.59 Å². The molecule has 0 aliphatic carbocycles. The molecule has 0 atom stereocenters. The van der Waals surface area contributed by atoms with E-state index in [-0.39, 0.29) is 12.3 Å². The molecule has 0 bridgehead atoms. The smallest absolute Gasteiger partial charge is 0.168 e. The van der Waals surface area contributed by atoms with E-state index in [0.29, 0.717) is 5.69 Å². The van der Waals surface area contributed by atoms with Crippen molar-refractivity contribution >= 4 is 12.1 Å². The first-order valence-electron chi connectivity index (χ1n) is 5.28. The van der Waals surface area contributed by atoms with E-state index < -0.39 is 0 Å². The minimum atomic E-state index is -0.0317. The minimum Gasteiger partial charge on any atom is -0.298 e. The van der Waals surface area contributed by atoms with Crippen molar-refractivity contribution in [3.63, 3.8) is 0 Å². The Balaban J connectivity index is 2.46. The molecule has 0 spiro atoms. The number of carbonyl (C=O) groups excluding carboxylic acids is 2. The second-order valence-electron chi connectivity index (χ2n) is 3.79. The zero-order valence-electron chi connectivity index (χ0n) is 9.46. The van der Waals surface area contributed by atoms with Crippen LogP contribution in [0.2, 0.25) is 0 Å². The van der Waals surface area contributed by atoms with Crippen LogP contribution in [-0.2, 0) is 11.3 Å². The summed E-state index contributed by atoms with van der Waals surface area (Å²) < 4.78 is 1.43. The summed E-state index contributed by atoms with van der Waals surface area (Å²) in [4.78, 5) is 22.1. The number of benzene rings is 1. The summed E-state index contributed by atoms with van der Waals surface area (Å²) in [7, 11) is 0. The molecule has 0 N–H and O–H groups in total. The van der Waals surface area contributed by atoms with Crippen molar-refractivity contribution in [2.75, 3.05) is 0 Å². The van der Waals surface area contributed by atoms with Crippen molar-refractivity contribution in [3.05, 3.63) is 42.2 Å². The first-order valence-corrected chi connectivity index (χ1v) is 5.28. The molecule has 86 valence electrons. The van der Waals surface area contributed by atoms with Gasteiger partial charge in [0.25, 0.3) is 0 Å². The highest BCUT2D eigenvalue weighted by Gasteiger charge is 2.12. The molecule has 0 saturated carbocycles. The molecule has 4 nitrogen and oxygen atoms in total. The molecule has 0 unspecified atom stereocenters. The van der Waals surface area contributed by atoms with E-state index in [4.69, 9.17) is 0 Å². The average Bonchev–Trinajstić information content (AvgIpc) is 2.72. The van der Waals surface area contributed by atoms with Crippen LogP contribution >= 0.6 is 0 Å². The van der Waals surface area contributed by atoms with Gasteiger partial charge in [-0.05, 0) is 12.5 Å². The van der Waals surface area contributed by atoms with E-state index >= 15 is 0 Å². The van der Waals surface area contributed by atoms with Gasteiger partial charge in [0.15, 0.2) is 12.1 Å². The van der Waals surface area contributed by atoms with Crippen molar-refractivity contribution in [3.8, 4) is 11.1 Å². The number of ketones is 1. The first-order chi connectivity index (χ1) is 8.22. The van der Waals surface area contributed by atoms with E-state index in [1.165, 1.54) is 11.6 Å². The molecule has 1 heterocycles. The Morgan fingerprint density at radius 3 is 2.65 bits per heavy atom.